The van der Waals surface area contributed by atoms with E-state index in [0.29, 0.717) is 6.79 Å². The van der Waals surface area contributed by atoms with E-state index < -0.39 is 0 Å². The average molecular weight is 341 g/mol. The van der Waals surface area contributed by atoms with Crippen LogP contribution >= 0.6 is 0 Å². The van der Waals surface area contributed by atoms with Gasteiger partial charge in [0.15, 0.2) is 11.5 Å². The van der Waals surface area contributed by atoms with Gasteiger partial charge in [0, 0.05) is 12.6 Å². The summed E-state index contributed by atoms with van der Waals surface area (Å²) in [6.45, 7) is 3.21. The Hall–Kier alpha value is -2.49. The Bertz CT molecular complexity index is 632. The summed E-state index contributed by atoms with van der Waals surface area (Å²) in [6.07, 6.45) is 16.8. The molecule has 0 aliphatic carbocycles. The molecule has 1 N–H and O–H groups in total. The van der Waals surface area contributed by atoms with Crippen molar-refractivity contribution >= 4 is 12.0 Å². The maximum absolute atomic E-state index is 11.5. The van der Waals surface area contributed by atoms with Gasteiger partial charge in [-0.2, -0.15) is 0 Å². The van der Waals surface area contributed by atoms with E-state index >= 15 is 0 Å². The smallest absolute Gasteiger partial charge is 0.243 e. The Labute approximate surface area is 150 Å². The van der Waals surface area contributed by atoms with Crippen LogP contribution in [0, 0.1) is 0 Å². The fraction of sp³-hybridized carbons (Fsp3) is 0.381. The van der Waals surface area contributed by atoms with E-state index in [1.165, 1.54) is 0 Å². The minimum atomic E-state index is -0.0246. The summed E-state index contributed by atoms with van der Waals surface area (Å²) < 4.78 is 10.7. The van der Waals surface area contributed by atoms with Crippen molar-refractivity contribution in [3.63, 3.8) is 0 Å². The normalized spacial score (nSPS) is 13.3. The molecule has 1 aliphatic heterocycles. The number of nitrogens with one attached hydrogen (secondary N) is 1. The van der Waals surface area contributed by atoms with Gasteiger partial charge in [-0.3, -0.25) is 4.79 Å². The molecule has 25 heavy (non-hydrogen) atoms. The molecular formula is C21H27NO3. The molecule has 1 aromatic rings. The van der Waals surface area contributed by atoms with Gasteiger partial charge in [-0.1, -0.05) is 56.2 Å². The van der Waals surface area contributed by atoms with Gasteiger partial charge in [0.1, 0.15) is 0 Å². The van der Waals surface area contributed by atoms with Crippen LogP contribution in [0.4, 0.5) is 0 Å². The molecule has 4 nitrogen and oxygen atoms in total. The van der Waals surface area contributed by atoms with E-state index in [4.69, 9.17) is 9.47 Å². The minimum Gasteiger partial charge on any atom is -0.454 e. The highest BCUT2D eigenvalue weighted by molar-refractivity contribution is 5.87. The maximum atomic E-state index is 11.5. The Morgan fingerprint density at radius 3 is 2.84 bits per heavy atom. The van der Waals surface area contributed by atoms with E-state index in [1.54, 1.807) is 12.2 Å². The van der Waals surface area contributed by atoms with Gasteiger partial charge in [-0.25, -0.2) is 0 Å². The number of benzene rings is 1. The number of hydrogen-bond donors (Lipinski definition) is 1. The molecule has 0 atom stereocenters. The number of amides is 1. The minimum absolute atomic E-state index is 0.0246. The monoisotopic (exact) mass is 341 g/mol. The molecule has 1 aliphatic rings. The lowest BCUT2D eigenvalue weighted by Crippen LogP contribution is -2.21. The molecule has 0 aromatic heterocycles. The molecule has 4 heteroatoms. The maximum Gasteiger partial charge on any atom is 0.243 e. The number of ether oxygens (including phenoxy) is 2. The SMILES string of the molecule is CCCCCNC(=O)/C=C/C=C/CC/C=C/c1ccc2c(c1)OCO2. The van der Waals surface area contributed by atoms with E-state index in [9.17, 15) is 4.79 Å². The molecule has 0 bridgehead atoms. The van der Waals surface area contributed by atoms with E-state index in [2.05, 4.69) is 30.5 Å². The van der Waals surface area contributed by atoms with Crippen molar-refractivity contribution in [2.45, 2.75) is 39.0 Å². The van der Waals surface area contributed by atoms with Gasteiger partial charge >= 0.3 is 0 Å². The van der Waals surface area contributed by atoms with Crippen LogP contribution < -0.4 is 14.8 Å². The van der Waals surface area contributed by atoms with Crippen molar-refractivity contribution in [1.82, 2.24) is 5.32 Å². The van der Waals surface area contributed by atoms with Crippen LogP contribution in [0.15, 0.2) is 48.6 Å². The third-order valence-electron chi connectivity index (χ3n) is 3.78. The van der Waals surface area contributed by atoms with E-state index in [-0.39, 0.29) is 5.91 Å². The second-order valence-corrected chi connectivity index (χ2v) is 5.88. The number of allylic oxidation sites excluding steroid dienone is 4. The van der Waals surface area contributed by atoms with Crippen molar-refractivity contribution in [2.75, 3.05) is 13.3 Å². The van der Waals surface area contributed by atoms with Crippen LogP contribution in [0.1, 0.15) is 44.6 Å². The number of hydrogen-bond acceptors (Lipinski definition) is 3. The van der Waals surface area contributed by atoms with Crippen molar-refractivity contribution in [3.8, 4) is 11.5 Å². The number of fused-ring (bicyclic) bond motifs is 1. The lowest BCUT2D eigenvalue weighted by molar-refractivity contribution is -0.116. The average Bonchev–Trinajstić information content (AvgIpc) is 3.09. The molecule has 0 radical (unpaired) electrons. The van der Waals surface area contributed by atoms with Crippen LogP contribution in [0.2, 0.25) is 0 Å². The zero-order chi connectivity index (χ0) is 17.7. The lowest BCUT2D eigenvalue weighted by Gasteiger charge is -1.99. The highest BCUT2D eigenvalue weighted by Gasteiger charge is 2.11. The van der Waals surface area contributed by atoms with Gasteiger partial charge in [-0.15, -0.1) is 0 Å². The summed E-state index contributed by atoms with van der Waals surface area (Å²) in [4.78, 5) is 11.5. The Balaban J connectivity index is 1.59. The van der Waals surface area contributed by atoms with E-state index in [0.717, 1.165) is 55.7 Å². The van der Waals surface area contributed by atoms with Gasteiger partial charge in [-0.05, 0) is 37.0 Å². The highest BCUT2D eigenvalue weighted by Crippen LogP contribution is 2.32. The number of carbonyl (C=O) groups excluding carboxylic acids is 1. The third kappa shape index (κ3) is 7.29. The van der Waals surface area contributed by atoms with E-state index in [1.807, 2.05) is 24.3 Å². The number of carbonyl (C=O) groups is 1. The Morgan fingerprint density at radius 1 is 1.12 bits per heavy atom. The van der Waals surface area contributed by atoms with Crippen molar-refractivity contribution in [2.24, 2.45) is 0 Å². The first kappa shape index (κ1) is 18.8. The number of rotatable bonds is 10. The van der Waals surface area contributed by atoms with Gasteiger partial charge in [0.2, 0.25) is 12.7 Å². The molecule has 1 amide bonds. The van der Waals surface area contributed by atoms with Crippen molar-refractivity contribution in [1.29, 1.82) is 0 Å². The predicted octanol–water partition coefficient (Wildman–Crippen LogP) is 4.63. The molecule has 1 aromatic carbocycles. The first-order valence-corrected chi connectivity index (χ1v) is 8.97. The lowest BCUT2D eigenvalue weighted by atomic mass is 10.1. The third-order valence-corrected chi connectivity index (χ3v) is 3.78. The zero-order valence-electron chi connectivity index (χ0n) is 14.9. The highest BCUT2D eigenvalue weighted by atomic mass is 16.7. The summed E-state index contributed by atoms with van der Waals surface area (Å²) in [6, 6.07) is 5.93. The van der Waals surface area contributed by atoms with Crippen LogP contribution in [0.25, 0.3) is 6.08 Å². The van der Waals surface area contributed by atoms with Crippen LogP contribution in [-0.2, 0) is 4.79 Å². The molecule has 134 valence electrons. The van der Waals surface area contributed by atoms with Crippen molar-refractivity contribution < 1.29 is 14.3 Å². The van der Waals surface area contributed by atoms with Crippen LogP contribution in [0.3, 0.4) is 0 Å². The first-order chi connectivity index (χ1) is 12.3. The second-order valence-electron chi connectivity index (χ2n) is 5.88. The van der Waals surface area contributed by atoms with Gasteiger partial charge in [0.05, 0.1) is 0 Å². The molecule has 0 fully saturated rings. The summed E-state index contributed by atoms with van der Waals surface area (Å²) >= 11 is 0. The van der Waals surface area contributed by atoms with Crippen molar-refractivity contribution in [3.05, 3.63) is 54.1 Å². The molecule has 0 spiro atoms. The van der Waals surface area contributed by atoms with Crippen LogP contribution in [-0.4, -0.2) is 19.2 Å². The molecule has 0 saturated carbocycles. The zero-order valence-corrected chi connectivity index (χ0v) is 14.9. The Morgan fingerprint density at radius 2 is 1.96 bits per heavy atom. The molecule has 0 unspecified atom stereocenters. The molecule has 0 saturated heterocycles. The number of unbranched alkanes of at least 4 members (excludes halogenated alkanes) is 3. The molecule has 2 rings (SSSR count). The van der Waals surface area contributed by atoms with Gasteiger partial charge < -0.3 is 14.8 Å². The predicted molar refractivity (Wildman–Crippen MR) is 102 cm³/mol. The fourth-order valence-electron chi connectivity index (χ4n) is 2.39. The quantitative estimate of drug-likeness (QED) is 0.383. The summed E-state index contributed by atoms with van der Waals surface area (Å²) in [5, 5.41) is 2.87. The summed E-state index contributed by atoms with van der Waals surface area (Å²) in [5.41, 5.74) is 1.10. The standard InChI is InChI=1S/C21H27NO3/c1-2-3-10-15-22-21(23)12-9-7-5-4-6-8-11-18-13-14-19-20(16-18)25-17-24-19/h5,7-9,11-14,16H,2-4,6,10,15,17H2,1H3,(H,22,23)/b7-5+,11-8+,12-9+. The summed E-state index contributed by atoms with van der Waals surface area (Å²) in [5.74, 6) is 1.59. The first-order valence-electron chi connectivity index (χ1n) is 8.97. The largest absolute Gasteiger partial charge is 0.454 e. The van der Waals surface area contributed by atoms with Gasteiger partial charge in [0.25, 0.3) is 0 Å². The Kier molecular flexibility index (Phi) is 8.39. The van der Waals surface area contributed by atoms with Crippen LogP contribution in [0.5, 0.6) is 11.5 Å². The second kappa shape index (κ2) is 11.1. The molecule has 1 heterocycles. The summed E-state index contributed by atoms with van der Waals surface area (Å²) in [7, 11) is 0. The molecular weight excluding hydrogens is 314 g/mol. The topological polar surface area (TPSA) is 47.6 Å². The fourth-order valence-corrected chi connectivity index (χ4v) is 2.39.